The lowest BCUT2D eigenvalue weighted by molar-refractivity contribution is -0.0568. The molecule has 0 radical (unpaired) electrons. The van der Waals surface area contributed by atoms with E-state index in [1.54, 1.807) is 13.3 Å². The molecule has 1 fully saturated rings. The number of nitrogens with two attached hydrogens (primary N) is 1. The number of methoxy groups -OCH3 is 1. The smallest absolute Gasteiger partial charge is 0.129 e. The molecule has 3 N–H and O–H groups in total. The third-order valence-corrected chi connectivity index (χ3v) is 4.17. The monoisotopic (exact) mass is 252 g/mol. The summed E-state index contributed by atoms with van der Waals surface area (Å²) in [5.74, 6) is 6.74. The Labute approximate surface area is 109 Å². The number of hydrazine groups is 1. The largest absolute Gasteiger partial charge is 0.376 e. The first-order chi connectivity index (χ1) is 8.73. The molecule has 0 saturated heterocycles. The number of aryl methyl sites for hydroxylation is 1. The molecule has 1 aromatic heterocycles. The highest BCUT2D eigenvalue weighted by Crippen LogP contribution is 2.39. The predicted octanol–water partition coefficient (Wildman–Crippen LogP) is 1.66. The summed E-state index contributed by atoms with van der Waals surface area (Å²) in [7, 11) is 3.78. The van der Waals surface area contributed by atoms with E-state index in [0.29, 0.717) is 0 Å². The van der Waals surface area contributed by atoms with Gasteiger partial charge in [0.05, 0.1) is 5.60 Å². The molecule has 0 spiro atoms. The molecule has 2 rings (SSSR count). The highest BCUT2D eigenvalue weighted by Gasteiger charge is 2.41. The molecule has 1 saturated carbocycles. The van der Waals surface area contributed by atoms with Crippen molar-refractivity contribution in [2.75, 3.05) is 7.11 Å². The third kappa shape index (κ3) is 2.43. The number of ether oxygens (including phenoxy) is 1. The molecular weight excluding hydrogens is 228 g/mol. The summed E-state index contributed by atoms with van der Waals surface area (Å²) in [4.78, 5) is 4.43. The van der Waals surface area contributed by atoms with Crippen LogP contribution in [0.4, 0.5) is 0 Å². The topological polar surface area (TPSA) is 65.1 Å². The Morgan fingerprint density at radius 2 is 2.06 bits per heavy atom. The van der Waals surface area contributed by atoms with Crippen LogP contribution in [0.2, 0.25) is 0 Å². The van der Waals surface area contributed by atoms with Gasteiger partial charge in [-0.2, -0.15) is 0 Å². The van der Waals surface area contributed by atoms with Gasteiger partial charge < -0.3 is 9.30 Å². The second-order valence-electron chi connectivity index (χ2n) is 5.18. The molecular formula is C13H24N4O. The van der Waals surface area contributed by atoms with Crippen molar-refractivity contribution in [2.45, 2.75) is 50.2 Å². The van der Waals surface area contributed by atoms with Crippen molar-refractivity contribution in [3.63, 3.8) is 0 Å². The van der Waals surface area contributed by atoms with Crippen molar-refractivity contribution in [2.24, 2.45) is 12.9 Å². The van der Waals surface area contributed by atoms with Gasteiger partial charge in [-0.3, -0.25) is 5.84 Å². The lowest BCUT2D eigenvalue weighted by atomic mass is 9.85. The lowest BCUT2D eigenvalue weighted by Crippen LogP contribution is -2.48. The fraction of sp³-hybridized carbons (Fsp3) is 0.769. The zero-order valence-electron chi connectivity index (χ0n) is 11.4. The van der Waals surface area contributed by atoms with Crippen molar-refractivity contribution in [3.05, 3.63) is 18.2 Å². The first-order valence-corrected chi connectivity index (χ1v) is 6.72. The Kier molecular flexibility index (Phi) is 4.37. The van der Waals surface area contributed by atoms with E-state index in [0.717, 1.165) is 18.7 Å². The summed E-state index contributed by atoms with van der Waals surface area (Å²) in [6.45, 7) is 0. The van der Waals surface area contributed by atoms with Crippen molar-refractivity contribution in [1.29, 1.82) is 0 Å². The molecule has 0 bridgehead atoms. The minimum atomic E-state index is -0.232. The number of nitrogens with one attached hydrogen (secondary N) is 1. The molecule has 5 nitrogen and oxygen atoms in total. The van der Waals surface area contributed by atoms with Gasteiger partial charge in [0.1, 0.15) is 11.9 Å². The zero-order chi connectivity index (χ0) is 13.0. The van der Waals surface area contributed by atoms with E-state index < -0.39 is 0 Å². The Balaban J connectivity index is 2.30. The maximum absolute atomic E-state index is 5.89. The fourth-order valence-corrected chi connectivity index (χ4v) is 3.05. The highest BCUT2D eigenvalue weighted by atomic mass is 16.5. The standard InChI is InChI=1S/C13H24N4O/c1-17-10-9-15-12(17)11(16-14)13(18-2)7-5-3-4-6-8-13/h9-11,16H,3-8,14H2,1-2H3. The average Bonchev–Trinajstić information content (AvgIpc) is 2.67. The van der Waals surface area contributed by atoms with Crippen LogP contribution in [0.25, 0.3) is 0 Å². The SMILES string of the molecule is COC1(C(NN)c2nccn2C)CCCCCC1. The van der Waals surface area contributed by atoms with Crippen molar-refractivity contribution in [1.82, 2.24) is 15.0 Å². The van der Waals surface area contributed by atoms with Gasteiger partial charge in [0, 0.05) is 26.6 Å². The number of hydrogen-bond donors (Lipinski definition) is 2. The Morgan fingerprint density at radius 3 is 2.50 bits per heavy atom. The minimum Gasteiger partial charge on any atom is -0.376 e. The molecule has 1 aliphatic carbocycles. The van der Waals surface area contributed by atoms with Gasteiger partial charge in [0.2, 0.25) is 0 Å². The predicted molar refractivity (Wildman–Crippen MR) is 70.7 cm³/mol. The maximum atomic E-state index is 5.89. The summed E-state index contributed by atoms with van der Waals surface area (Å²) in [5.41, 5.74) is 2.69. The Hall–Kier alpha value is -0.910. The van der Waals surface area contributed by atoms with Gasteiger partial charge in [0.25, 0.3) is 0 Å². The summed E-state index contributed by atoms with van der Waals surface area (Å²) in [6.07, 6.45) is 10.8. The molecule has 0 aromatic carbocycles. The average molecular weight is 252 g/mol. The van der Waals surface area contributed by atoms with Crippen LogP contribution in [0.1, 0.15) is 50.4 Å². The summed E-state index contributed by atoms with van der Waals surface area (Å²) in [6, 6.07) is -0.0550. The molecule has 0 amide bonds. The van der Waals surface area contributed by atoms with Crippen LogP contribution in [0.5, 0.6) is 0 Å². The highest BCUT2D eigenvalue weighted by molar-refractivity contribution is 5.07. The van der Waals surface area contributed by atoms with E-state index >= 15 is 0 Å². The van der Waals surface area contributed by atoms with E-state index in [-0.39, 0.29) is 11.6 Å². The second-order valence-corrected chi connectivity index (χ2v) is 5.18. The van der Waals surface area contributed by atoms with Gasteiger partial charge >= 0.3 is 0 Å². The van der Waals surface area contributed by atoms with Gasteiger partial charge in [-0.1, -0.05) is 25.7 Å². The lowest BCUT2D eigenvalue weighted by Gasteiger charge is -2.38. The molecule has 5 heteroatoms. The van der Waals surface area contributed by atoms with Crippen molar-refractivity contribution >= 4 is 0 Å². The van der Waals surface area contributed by atoms with E-state index in [1.165, 1.54) is 25.7 Å². The first-order valence-electron chi connectivity index (χ1n) is 6.72. The normalized spacial score (nSPS) is 21.5. The van der Waals surface area contributed by atoms with Crippen LogP contribution in [0.3, 0.4) is 0 Å². The molecule has 1 aliphatic rings. The van der Waals surface area contributed by atoms with Crippen LogP contribution in [0, 0.1) is 0 Å². The second kappa shape index (κ2) is 5.82. The molecule has 18 heavy (non-hydrogen) atoms. The zero-order valence-corrected chi connectivity index (χ0v) is 11.4. The molecule has 0 aliphatic heterocycles. The van der Waals surface area contributed by atoms with Gasteiger partial charge in [-0.15, -0.1) is 0 Å². The molecule has 1 aromatic rings. The van der Waals surface area contributed by atoms with Crippen LogP contribution >= 0.6 is 0 Å². The van der Waals surface area contributed by atoms with E-state index in [9.17, 15) is 0 Å². The molecule has 1 atom stereocenters. The number of aromatic nitrogens is 2. The quantitative estimate of drug-likeness (QED) is 0.486. The van der Waals surface area contributed by atoms with Gasteiger partial charge in [0.15, 0.2) is 0 Å². The van der Waals surface area contributed by atoms with Crippen LogP contribution in [-0.2, 0) is 11.8 Å². The van der Waals surface area contributed by atoms with Gasteiger partial charge in [-0.05, 0) is 12.8 Å². The van der Waals surface area contributed by atoms with E-state index in [2.05, 4.69) is 10.4 Å². The third-order valence-electron chi connectivity index (χ3n) is 4.17. The summed E-state index contributed by atoms with van der Waals surface area (Å²) in [5, 5.41) is 0. The minimum absolute atomic E-state index is 0.0550. The Bertz CT molecular complexity index is 369. The van der Waals surface area contributed by atoms with Crippen LogP contribution in [0.15, 0.2) is 12.4 Å². The van der Waals surface area contributed by atoms with Gasteiger partial charge in [-0.25, -0.2) is 10.4 Å². The molecule has 1 heterocycles. The van der Waals surface area contributed by atoms with Crippen molar-refractivity contribution in [3.8, 4) is 0 Å². The summed E-state index contributed by atoms with van der Waals surface area (Å²) < 4.78 is 7.90. The number of hydrogen-bond acceptors (Lipinski definition) is 4. The maximum Gasteiger partial charge on any atom is 0.129 e. The molecule has 102 valence electrons. The van der Waals surface area contributed by atoms with Crippen molar-refractivity contribution < 1.29 is 4.74 Å². The number of rotatable bonds is 4. The first kappa shape index (κ1) is 13.5. The van der Waals surface area contributed by atoms with Crippen LogP contribution in [-0.4, -0.2) is 22.3 Å². The number of imidazole rings is 1. The summed E-state index contributed by atoms with van der Waals surface area (Å²) >= 11 is 0. The van der Waals surface area contributed by atoms with E-state index in [1.807, 2.05) is 17.8 Å². The molecule has 1 unspecified atom stereocenters. The van der Waals surface area contributed by atoms with Crippen LogP contribution < -0.4 is 11.3 Å². The Morgan fingerprint density at radius 1 is 1.39 bits per heavy atom. The fourth-order valence-electron chi connectivity index (χ4n) is 3.05. The number of nitrogens with zero attached hydrogens (tertiary/aromatic N) is 2. The van der Waals surface area contributed by atoms with E-state index in [4.69, 9.17) is 10.6 Å².